The maximum atomic E-state index is 13.2. The molecule has 2 amide bonds. The van der Waals surface area contributed by atoms with Gasteiger partial charge in [0, 0.05) is 25.9 Å². The largest absolute Gasteiger partial charge is 0.344 e. The van der Waals surface area contributed by atoms with E-state index in [1.165, 1.54) is 12.1 Å². The standard InChI is InChI=1S/C16H17FN4O2/c1-21-9-8-18-15(21)14(10-2-4-11(17)5-3-10)20-16(23)12-6-7-13(22)19-12/h2-5,8-9,12,14H,6-7H2,1H3,(H,19,22)(H,20,23). The minimum absolute atomic E-state index is 0.125. The van der Waals surface area contributed by atoms with Crippen molar-refractivity contribution in [2.24, 2.45) is 7.05 Å². The van der Waals surface area contributed by atoms with E-state index < -0.39 is 12.1 Å². The van der Waals surface area contributed by atoms with Crippen LogP contribution in [-0.4, -0.2) is 27.4 Å². The van der Waals surface area contributed by atoms with Crippen LogP contribution in [0.1, 0.15) is 30.3 Å². The second kappa shape index (κ2) is 6.20. The maximum Gasteiger partial charge on any atom is 0.243 e. The Morgan fingerprint density at radius 3 is 2.74 bits per heavy atom. The summed E-state index contributed by atoms with van der Waals surface area (Å²) in [6.45, 7) is 0. The van der Waals surface area contributed by atoms with E-state index >= 15 is 0 Å². The molecular weight excluding hydrogens is 299 g/mol. The Morgan fingerprint density at radius 2 is 2.17 bits per heavy atom. The van der Waals surface area contributed by atoms with Crippen molar-refractivity contribution < 1.29 is 14.0 Å². The van der Waals surface area contributed by atoms with Crippen LogP contribution >= 0.6 is 0 Å². The fourth-order valence-corrected chi connectivity index (χ4v) is 2.66. The summed E-state index contributed by atoms with van der Waals surface area (Å²) in [5.41, 5.74) is 0.721. The molecule has 1 aromatic carbocycles. The molecule has 2 atom stereocenters. The van der Waals surface area contributed by atoms with Crippen molar-refractivity contribution in [1.29, 1.82) is 0 Å². The van der Waals surface area contributed by atoms with Gasteiger partial charge in [0.2, 0.25) is 11.8 Å². The number of carbonyl (C=O) groups excluding carboxylic acids is 2. The molecule has 7 heteroatoms. The molecule has 1 aliphatic heterocycles. The second-order valence-corrected chi connectivity index (χ2v) is 5.55. The van der Waals surface area contributed by atoms with Crippen molar-refractivity contribution in [3.8, 4) is 0 Å². The molecule has 0 saturated carbocycles. The minimum Gasteiger partial charge on any atom is -0.344 e. The van der Waals surface area contributed by atoms with Crippen molar-refractivity contribution in [1.82, 2.24) is 20.2 Å². The summed E-state index contributed by atoms with van der Waals surface area (Å²) in [6.07, 6.45) is 4.23. The molecule has 0 spiro atoms. The molecule has 2 aromatic rings. The number of aryl methyl sites for hydroxylation is 1. The van der Waals surface area contributed by atoms with Gasteiger partial charge in [-0.2, -0.15) is 0 Å². The molecule has 23 heavy (non-hydrogen) atoms. The van der Waals surface area contributed by atoms with E-state index in [9.17, 15) is 14.0 Å². The molecule has 2 N–H and O–H groups in total. The fraction of sp³-hybridized carbons (Fsp3) is 0.312. The Morgan fingerprint density at radius 1 is 1.43 bits per heavy atom. The van der Waals surface area contributed by atoms with Crippen LogP contribution in [0.25, 0.3) is 0 Å². The zero-order valence-electron chi connectivity index (χ0n) is 12.6. The van der Waals surface area contributed by atoms with Crippen LogP contribution in [0.3, 0.4) is 0 Å². The smallest absolute Gasteiger partial charge is 0.243 e. The molecule has 0 aliphatic carbocycles. The minimum atomic E-state index is -0.536. The van der Waals surface area contributed by atoms with Crippen molar-refractivity contribution >= 4 is 11.8 Å². The topological polar surface area (TPSA) is 76.0 Å². The van der Waals surface area contributed by atoms with Gasteiger partial charge >= 0.3 is 0 Å². The molecule has 0 bridgehead atoms. The van der Waals surface area contributed by atoms with Gasteiger partial charge in [0.1, 0.15) is 23.7 Å². The third kappa shape index (κ3) is 3.23. The average Bonchev–Trinajstić information content (AvgIpc) is 3.14. The zero-order valence-corrected chi connectivity index (χ0v) is 12.6. The molecule has 120 valence electrons. The van der Waals surface area contributed by atoms with Gasteiger partial charge in [0.15, 0.2) is 0 Å². The van der Waals surface area contributed by atoms with Crippen molar-refractivity contribution in [3.63, 3.8) is 0 Å². The molecule has 3 rings (SSSR count). The summed E-state index contributed by atoms with van der Waals surface area (Å²) in [6, 6.07) is 4.86. The molecular formula is C16H17FN4O2. The van der Waals surface area contributed by atoms with Crippen LogP contribution in [0.5, 0.6) is 0 Å². The molecule has 0 radical (unpaired) electrons. The summed E-state index contributed by atoms with van der Waals surface area (Å²) in [5.74, 6) is -0.107. The van der Waals surface area contributed by atoms with Gasteiger partial charge in [0.05, 0.1) is 0 Å². The first-order valence-corrected chi connectivity index (χ1v) is 7.37. The van der Waals surface area contributed by atoms with Gasteiger partial charge in [0.25, 0.3) is 0 Å². The quantitative estimate of drug-likeness (QED) is 0.885. The molecule has 2 heterocycles. The maximum absolute atomic E-state index is 13.2. The molecule has 1 fully saturated rings. The van der Waals surface area contributed by atoms with E-state index in [4.69, 9.17) is 0 Å². The van der Waals surface area contributed by atoms with Crippen LogP contribution in [0.4, 0.5) is 4.39 Å². The Labute approximate surface area is 132 Å². The third-order valence-corrected chi connectivity index (χ3v) is 3.92. The highest BCUT2D eigenvalue weighted by molar-refractivity contribution is 5.91. The van der Waals surface area contributed by atoms with Crippen LogP contribution < -0.4 is 10.6 Å². The van der Waals surface area contributed by atoms with Gasteiger partial charge in [-0.25, -0.2) is 9.37 Å². The van der Waals surface area contributed by atoms with Gasteiger partial charge in [-0.3, -0.25) is 9.59 Å². The second-order valence-electron chi connectivity index (χ2n) is 5.55. The monoisotopic (exact) mass is 316 g/mol. The lowest BCUT2D eigenvalue weighted by atomic mass is 10.1. The highest BCUT2D eigenvalue weighted by Gasteiger charge is 2.30. The molecule has 1 aliphatic rings. The van der Waals surface area contributed by atoms with Crippen molar-refractivity contribution in [2.75, 3.05) is 0 Å². The number of benzene rings is 1. The zero-order chi connectivity index (χ0) is 16.4. The van der Waals surface area contributed by atoms with Gasteiger partial charge in [-0.05, 0) is 24.1 Å². The lowest BCUT2D eigenvalue weighted by Gasteiger charge is -2.21. The Balaban J connectivity index is 1.86. The first kappa shape index (κ1) is 15.2. The lowest BCUT2D eigenvalue weighted by molar-refractivity contribution is -0.126. The number of imidazole rings is 1. The Hall–Kier alpha value is -2.70. The molecule has 6 nitrogen and oxygen atoms in total. The predicted octanol–water partition coefficient (Wildman–Crippen LogP) is 1.04. The normalized spacial score (nSPS) is 18.5. The van der Waals surface area contributed by atoms with E-state index in [1.54, 1.807) is 29.1 Å². The van der Waals surface area contributed by atoms with E-state index in [2.05, 4.69) is 15.6 Å². The number of hydrogen-bond donors (Lipinski definition) is 2. The summed E-state index contributed by atoms with van der Waals surface area (Å²) in [5, 5.41) is 5.54. The molecule has 1 aromatic heterocycles. The number of carbonyl (C=O) groups is 2. The summed E-state index contributed by atoms with van der Waals surface area (Å²) in [4.78, 5) is 28.0. The van der Waals surface area contributed by atoms with Crippen LogP contribution in [0.2, 0.25) is 0 Å². The van der Waals surface area contributed by atoms with Crippen molar-refractivity contribution in [3.05, 3.63) is 53.9 Å². The molecule has 1 saturated heterocycles. The number of nitrogens with zero attached hydrogens (tertiary/aromatic N) is 2. The van der Waals surface area contributed by atoms with Crippen LogP contribution in [-0.2, 0) is 16.6 Å². The molecule has 2 unspecified atom stereocenters. The number of halogens is 1. The number of aromatic nitrogens is 2. The fourth-order valence-electron chi connectivity index (χ4n) is 2.66. The first-order valence-electron chi connectivity index (χ1n) is 7.37. The Kier molecular flexibility index (Phi) is 4.10. The van der Waals surface area contributed by atoms with Crippen LogP contribution in [0.15, 0.2) is 36.7 Å². The first-order chi connectivity index (χ1) is 11.0. The van der Waals surface area contributed by atoms with Gasteiger partial charge in [-0.15, -0.1) is 0 Å². The van der Waals surface area contributed by atoms with E-state index in [-0.39, 0.29) is 17.6 Å². The van der Waals surface area contributed by atoms with E-state index in [0.717, 1.165) is 5.56 Å². The SMILES string of the molecule is Cn1ccnc1C(NC(=O)C1CCC(=O)N1)c1ccc(F)cc1. The summed E-state index contributed by atoms with van der Waals surface area (Å²) >= 11 is 0. The Bertz CT molecular complexity index is 726. The van der Waals surface area contributed by atoms with Gasteiger partial charge in [-0.1, -0.05) is 12.1 Å². The van der Waals surface area contributed by atoms with Crippen LogP contribution in [0, 0.1) is 5.82 Å². The lowest BCUT2D eigenvalue weighted by Crippen LogP contribution is -2.43. The number of hydrogen-bond acceptors (Lipinski definition) is 3. The van der Waals surface area contributed by atoms with Crippen molar-refractivity contribution in [2.45, 2.75) is 24.9 Å². The third-order valence-electron chi connectivity index (χ3n) is 3.92. The van der Waals surface area contributed by atoms with E-state index in [1.807, 2.05) is 7.05 Å². The average molecular weight is 316 g/mol. The number of amides is 2. The summed E-state index contributed by atoms with van der Waals surface area (Å²) in [7, 11) is 1.82. The number of nitrogens with one attached hydrogen (secondary N) is 2. The van der Waals surface area contributed by atoms with E-state index in [0.29, 0.717) is 18.7 Å². The number of rotatable bonds is 4. The predicted molar refractivity (Wildman–Crippen MR) is 80.8 cm³/mol. The summed E-state index contributed by atoms with van der Waals surface area (Å²) < 4.78 is 15.0. The highest BCUT2D eigenvalue weighted by atomic mass is 19.1. The highest BCUT2D eigenvalue weighted by Crippen LogP contribution is 2.21. The van der Waals surface area contributed by atoms with Gasteiger partial charge < -0.3 is 15.2 Å².